The van der Waals surface area contributed by atoms with Crippen molar-refractivity contribution in [2.45, 2.75) is 23.3 Å². The number of aryl methyl sites for hydroxylation is 1. The number of aromatic nitrogens is 2. The van der Waals surface area contributed by atoms with Crippen molar-refractivity contribution in [3.05, 3.63) is 47.7 Å². The van der Waals surface area contributed by atoms with E-state index in [1.807, 2.05) is 13.0 Å². The molecule has 98 valence electrons. The number of carbonyl (C=O) groups is 1. The normalized spacial score (nSPS) is 10.4. The van der Waals surface area contributed by atoms with Gasteiger partial charge in [-0.15, -0.1) is 0 Å². The summed E-state index contributed by atoms with van der Waals surface area (Å²) in [6.07, 6.45) is 2.25. The molecule has 0 saturated heterocycles. The molecular formula is C13H11FN2O2S. The van der Waals surface area contributed by atoms with Gasteiger partial charge in [0.05, 0.1) is 5.56 Å². The van der Waals surface area contributed by atoms with Crippen LogP contribution in [0.1, 0.15) is 23.0 Å². The van der Waals surface area contributed by atoms with Crippen LogP contribution in [0.15, 0.2) is 40.5 Å². The maximum Gasteiger partial charge on any atom is 0.338 e. The number of aromatic carboxylic acids is 1. The van der Waals surface area contributed by atoms with Gasteiger partial charge >= 0.3 is 5.97 Å². The molecule has 0 atom stereocenters. The van der Waals surface area contributed by atoms with E-state index in [2.05, 4.69) is 9.97 Å². The third-order valence-corrected chi connectivity index (χ3v) is 3.37. The van der Waals surface area contributed by atoms with Crippen LogP contribution in [0, 0.1) is 5.82 Å². The smallest absolute Gasteiger partial charge is 0.338 e. The third kappa shape index (κ3) is 3.29. The zero-order valence-corrected chi connectivity index (χ0v) is 10.9. The zero-order valence-electron chi connectivity index (χ0n) is 10.1. The van der Waals surface area contributed by atoms with Crippen LogP contribution in [0.4, 0.5) is 4.39 Å². The van der Waals surface area contributed by atoms with E-state index in [1.54, 1.807) is 0 Å². The van der Waals surface area contributed by atoms with Gasteiger partial charge in [-0.05, 0) is 30.7 Å². The van der Waals surface area contributed by atoms with Crippen LogP contribution in [-0.4, -0.2) is 21.0 Å². The molecular weight excluding hydrogens is 267 g/mol. The molecule has 0 amide bonds. The SMILES string of the molecule is CCc1cc(Sc2ccc(F)c(C(=O)O)c2)ncn1. The van der Waals surface area contributed by atoms with Gasteiger partial charge in [0.2, 0.25) is 0 Å². The number of halogens is 1. The summed E-state index contributed by atoms with van der Waals surface area (Å²) in [5.41, 5.74) is 0.563. The van der Waals surface area contributed by atoms with Gasteiger partial charge in [-0.3, -0.25) is 0 Å². The molecule has 0 aliphatic carbocycles. The second-order valence-corrected chi connectivity index (χ2v) is 4.84. The van der Waals surface area contributed by atoms with Crippen LogP contribution in [0.5, 0.6) is 0 Å². The predicted molar refractivity (Wildman–Crippen MR) is 68.9 cm³/mol. The minimum atomic E-state index is -1.28. The quantitative estimate of drug-likeness (QED) is 0.871. The van der Waals surface area contributed by atoms with Gasteiger partial charge in [-0.2, -0.15) is 0 Å². The number of nitrogens with zero attached hydrogens (tertiary/aromatic N) is 2. The van der Waals surface area contributed by atoms with E-state index in [-0.39, 0.29) is 5.56 Å². The highest BCUT2D eigenvalue weighted by atomic mass is 32.2. The van der Waals surface area contributed by atoms with Crippen molar-refractivity contribution in [2.75, 3.05) is 0 Å². The van der Waals surface area contributed by atoms with E-state index < -0.39 is 11.8 Å². The summed E-state index contributed by atoms with van der Waals surface area (Å²) >= 11 is 1.28. The molecule has 0 spiro atoms. The second-order valence-electron chi connectivity index (χ2n) is 3.75. The number of carboxylic acids is 1. The topological polar surface area (TPSA) is 63.1 Å². The van der Waals surface area contributed by atoms with Crippen molar-refractivity contribution in [2.24, 2.45) is 0 Å². The maximum atomic E-state index is 13.3. The summed E-state index contributed by atoms with van der Waals surface area (Å²) in [5.74, 6) is -2.02. The highest BCUT2D eigenvalue weighted by Crippen LogP contribution is 2.27. The van der Waals surface area contributed by atoms with Crippen molar-refractivity contribution >= 4 is 17.7 Å². The molecule has 0 aliphatic rings. The summed E-state index contributed by atoms with van der Waals surface area (Å²) in [7, 11) is 0. The van der Waals surface area contributed by atoms with Gasteiger partial charge in [0.1, 0.15) is 17.2 Å². The fraction of sp³-hybridized carbons (Fsp3) is 0.154. The fourth-order valence-electron chi connectivity index (χ4n) is 1.48. The Morgan fingerprint density at radius 1 is 1.37 bits per heavy atom. The van der Waals surface area contributed by atoms with E-state index >= 15 is 0 Å². The molecule has 4 nitrogen and oxygen atoms in total. The van der Waals surface area contributed by atoms with Crippen LogP contribution >= 0.6 is 11.8 Å². The lowest BCUT2D eigenvalue weighted by atomic mass is 10.2. The number of benzene rings is 1. The van der Waals surface area contributed by atoms with Crippen molar-refractivity contribution in [1.82, 2.24) is 9.97 Å². The first-order valence-electron chi connectivity index (χ1n) is 5.61. The van der Waals surface area contributed by atoms with Gasteiger partial charge in [-0.25, -0.2) is 19.2 Å². The van der Waals surface area contributed by atoms with Gasteiger partial charge in [0.15, 0.2) is 0 Å². The fourth-order valence-corrected chi connectivity index (χ4v) is 2.33. The Morgan fingerprint density at radius 3 is 2.84 bits per heavy atom. The molecule has 0 saturated carbocycles. The van der Waals surface area contributed by atoms with Crippen molar-refractivity contribution in [3.63, 3.8) is 0 Å². The number of hydrogen-bond acceptors (Lipinski definition) is 4. The van der Waals surface area contributed by atoms with Gasteiger partial charge in [0.25, 0.3) is 0 Å². The monoisotopic (exact) mass is 278 g/mol. The van der Waals surface area contributed by atoms with Crippen LogP contribution < -0.4 is 0 Å². The predicted octanol–water partition coefficient (Wildman–Crippen LogP) is 3.03. The second kappa shape index (κ2) is 5.79. The first-order valence-corrected chi connectivity index (χ1v) is 6.43. The third-order valence-electron chi connectivity index (χ3n) is 2.45. The largest absolute Gasteiger partial charge is 0.478 e. The standard InChI is InChI=1S/C13H11FN2O2S/c1-2-8-5-12(16-7-15-8)19-9-3-4-11(14)10(6-9)13(17)18/h3-7H,2H2,1H3,(H,17,18). The maximum absolute atomic E-state index is 13.3. The Labute approximate surface area is 113 Å². The highest BCUT2D eigenvalue weighted by Gasteiger charge is 2.11. The van der Waals surface area contributed by atoms with Gasteiger partial charge in [-0.1, -0.05) is 18.7 Å². The van der Waals surface area contributed by atoms with Gasteiger partial charge < -0.3 is 5.11 Å². The van der Waals surface area contributed by atoms with E-state index in [0.29, 0.717) is 9.92 Å². The Bertz CT molecular complexity index is 619. The summed E-state index contributed by atoms with van der Waals surface area (Å²) < 4.78 is 13.3. The molecule has 0 bridgehead atoms. The minimum absolute atomic E-state index is 0.338. The molecule has 0 fully saturated rings. The van der Waals surface area contributed by atoms with Crippen molar-refractivity contribution < 1.29 is 14.3 Å². The molecule has 2 aromatic rings. The molecule has 0 radical (unpaired) electrons. The Morgan fingerprint density at radius 2 is 2.16 bits per heavy atom. The summed E-state index contributed by atoms with van der Waals surface area (Å²) in [4.78, 5) is 19.6. The summed E-state index contributed by atoms with van der Waals surface area (Å²) in [6.45, 7) is 1.98. The van der Waals surface area contributed by atoms with Gasteiger partial charge in [0, 0.05) is 10.6 Å². The van der Waals surface area contributed by atoms with E-state index in [4.69, 9.17) is 5.11 Å². The summed E-state index contributed by atoms with van der Waals surface area (Å²) in [6, 6.07) is 5.80. The molecule has 6 heteroatoms. The molecule has 1 aromatic heterocycles. The molecule has 2 rings (SSSR count). The van der Waals surface area contributed by atoms with Crippen LogP contribution in [-0.2, 0) is 6.42 Å². The molecule has 1 N–H and O–H groups in total. The lowest BCUT2D eigenvalue weighted by Gasteiger charge is -2.04. The average Bonchev–Trinajstić information content (AvgIpc) is 2.41. The lowest BCUT2D eigenvalue weighted by Crippen LogP contribution is -2.00. The van der Waals surface area contributed by atoms with Crippen LogP contribution in [0.25, 0.3) is 0 Å². The molecule has 0 unspecified atom stereocenters. The van der Waals surface area contributed by atoms with E-state index in [1.165, 1.54) is 30.2 Å². The number of rotatable bonds is 4. The number of carboxylic acid groups (broad SMARTS) is 1. The number of hydrogen-bond donors (Lipinski definition) is 1. The Kier molecular flexibility index (Phi) is 4.11. The molecule has 0 aliphatic heterocycles. The average molecular weight is 278 g/mol. The van der Waals surface area contributed by atoms with Crippen LogP contribution in [0.3, 0.4) is 0 Å². The first-order chi connectivity index (χ1) is 9.10. The first kappa shape index (κ1) is 13.5. The lowest BCUT2D eigenvalue weighted by molar-refractivity contribution is 0.0691. The Balaban J connectivity index is 2.28. The minimum Gasteiger partial charge on any atom is -0.478 e. The van der Waals surface area contributed by atoms with Crippen molar-refractivity contribution in [1.29, 1.82) is 0 Å². The van der Waals surface area contributed by atoms with E-state index in [9.17, 15) is 9.18 Å². The Hall–Kier alpha value is -1.95. The zero-order chi connectivity index (χ0) is 13.8. The van der Waals surface area contributed by atoms with E-state index in [0.717, 1.165) is 18.2 Å². The highest BCUT2D eigenvalue weighted by molar-refractivity contribution is 7.99. The van der Waals surface area contributed by atoms with Crippen LogP contribution in [0.2, 0.25) is 0 Å². The molecule has 19 heavy (non-hydrogen) atoms. The summed E-state index contributed by atoms with van der Waals surface area (Å²) in [5, 5.41) is 9.57. The molecule has 1 heterocycles. The molecule has 1 aromatic carbocycles. The van der Waals surface area contributed by atoms with Crippen molar-refractivity contribution in [3.8, 4) is 0 Å².